The Kier molecular flexibility index (Phi) is 2.99. The molecule has 0 radical (unpaired) electrons. The highest BCUT2D eigenvalue weighted by Crippen LogP contribution is 2.35. The first-order valence-corrected chi connectivity index (χ1v) is 6.35. The molecule has 100 valence electrons. The molecule has 2 N–H and O–H groups in total. The molecule has 0 spiro atoms. The number of methoxy groups -OCH3 is 1. The van der Waals surface area contributed by atoms with Crippen LogP contribution in [-0.2, 0) is 0 Å². The van der Waals surface area contributed by atoms with Gasteiger partial charge in [-0.1, -0.05) is 6.07 Å². The van der Waals surface area contributed by atoms with Crippen molar-refractivity contribution in [2.24, 2.45) is 0 Å². The molecule has 4 nitrogen and oxygen atoms in total. The van der Waals surface area contributed by atoms with Crippen LogP contribution in [-0.4, -0.2) is 17.1 Å². The smallest absolute Gasteiger partial charge is 0.145 e. The van der Waals surface area contributed by atoms with Gasteiger partial charge in [-0.3, -0.25) is 4.98 Å². The van der Waals surface area contributed by atoms with Crippen molar-refractivity contribution < 1.29 is 4.74 Å². The third kappa shape index (κ3) is 1.95. The molecule has 0 saturated carbocycles. The van der Waals surface area contributed by atoms with Gasteiger partial charge in [0.1, 0.15) is 17.1 Å². The zero-order chi connectivity index (χ0) is 14.1. The van der Waals surface area contributed by atoms with Crippen molar-refractivity contribution in [3.8, 4) is 16.9 Å². The number of aromatic nitrogens is 2. The van der Waals surface area contributed by atoms with E-state index in [1.807, 2.05) is 37.3 Å². The number of fused-ring (bicyclic) bond motifs is 1. The molecule has 2 heterocycles. The molecule has 0 fully saturated rings. The number of nitrogens with zero attached hydrogens (tertiary/aromatic N) is 2. The van der Waals surface area contributed by atoms with Crippen LogP contribution in [0.25, 0.3) is 22.0 Å². The summed E-state index contributed by atoms with van der Waals surface area (Å²) in [6.07, 6.45) is 3.52. The van der Waals surface area contributed by atoms with Gasteiger partial charge in [-0.05, 0) is 42.3 Å². The van der Waals surface area contributed by atoms with Crippen molar-refractivity contribution in [2.75, 3.05) is 12.8 Å². The first kappa shape index (κ1) is 12.4. The van der Waals surface area contributed by atoms with Crippen LogP contribution >= 0.6 is 0 Å². The second kappa shape index (κ2) is 4.81. The predicted molar refractivity (Wildman–Crippen MR) is 80.7 cm³/mol. The number of nitrogens with two attached hydrogens (primary N) is 1. The fourth-order valence-electron chi connectivity index (χ4n) is 2.34. The van der Waals surface area contributed by atoms with Crippen molar-refractivity contribution in [1.29, 1.82) is 0 Å². The van der Waals surface area contributed by atoms with Crippen LogP contribution in [0.5, 0.6) is 5.75 Å². The number of pyridine rings is 2. The summed E-state index contributed by atoms with van der Waals surface area (Å²) in [6.45, 7) is 2.00. The molecule has 0 unspecified atom stereocenters. The van der Waals surface area contributed by atoms with E-state index in [2.05, 4.69) is 9.97 Å². The lowest BCUT2D eigenvalue weighted by Gasteiger charge is -2.11. The van der Waals surface area contributed by atoms with E-state index in [4.69, 9.17) is 10.5 Å². The van der Waals surface area contributed by atoms with Crippen LogP contribution in [0.1, 0.15) is 5.56 Å². The molecular weight excluding hydrogens is 250 g/mol. The molecule has 0 bridgehead atoms. The number of hydrogen-bond acceptors (Lipinski definition) is 4. The maximum atomic E-state index is 6.02. The summed E-state index contributed by atoms with van der Waals surface area (Å²) in [5.74, 6) is 1.27. The van der Waals surface area contributed by atoms with E-state index in [9.17, 15) is 0 Å². The van der Waals surface area contributed by atoms with Gasteiger partial charge in [0.25, 0.3) is 0 Å². The Labute approximate surface area is 117 Å². The highest BCUT2D eigenvalue weighted by molar-refractivity contribution is 5.99. The van der Waals surface area contributed by atoms with E-state index in [0.29, 0.717) is 5.82 Å². The number of benzene rings is 1. The van der Waals surface area contributed by atoms with Crippen LogP contribution in [0.2, 0.25) is 0 Å². The van der Waals surface area contributed by atoms with Gasteiger partial charge < -0.3 is 10.5 Å². The quantitative estimate of drug-likeness (QED) is 0.773. The lowest BCUT2D eigenvalue weighted by atomic mass is 9.99. The summed E-state index contributed by atoms with van der Waals surface area (Å²) in [7, 11) is 1.64. The van der Waals surface area contributed by atoms with Crippen LogP contribution in [0.3, 0.4) is 0 Å². The van der Waals surface area contributed by atoms with Gasteiger partial charge in [0, 0.05) is 23.3 Å². The Balaban J connectivity index is 2.35. The monoisotopic (exact) mass is 265 g/mol. The van der Waals surface area contributed by atoms with Gasteiger partial charge >= 0.3 is 0 Å². The molecule has 0 saturated heterocycles. The third-order valence-corrected chi connectivity index (χ3v) is 3.30. The first-order chi connectivity index (χ1) is 9.70. The normalized spacial score (nSPS) is 10.7. The summed E-state index contributed by atoms with van der Waals surface area (Å²) in [5, 5.41) is 1.01. The lowest BCUT2D eigenvalue weighted by Crippen LogP contribution is -1.96. The summed E-state index contributed by atoms with van der Waals surface area (Å²) in [6, 6.07) is 9.87. The van der Waals surface area contributed by atoms with Gasteiger partial charge in [-0.2, -0.15) is 0 Å². The van der Waals surface area contributed by atoms with E-state index >= 15 is 0 Å². The van der Waals surface area contributed by atoms with Gasteiger partial charge in [0.15, 0.2) is 0 Å². The van der Waals surface area contributed by atoms with Crippen LogP contribution in [0.4, 0.5) is 5.82 Å². The van der Waals surface area contributed by atoms with E-state index in [0.717, 1.165) is 33.3 Å². The number of aryl methyl sites for hydroxylation is 1. The maximum absolute atomic E-state index is 6.02. The molecule has 0 aliphatic heterocycles. The average Bonchev–Trinajstić information content (AvgIpc) is 2.49. The van der Waals surface area contributed by atoms with E-state index in [-0.39, 0.29) is 0 Å². The minimum Gasteiger partial charge on any atom is -0.494 e. The fourth-order valence-corrected chi connectivity index (χ4v) is 2.34. The molecule has 20 heavy (non-hydrogen) atoms. The zero-order valence-electron chi connectivity index (χ0n) is 11.4. The molecule has 3 aromatic rings. The summed E-state index contributed by atoms with van der Waals surface area (Å²) >= 11 is 0. The number of hydrogen-bond donors (Lipinski definition) is 1. The Morgan fingerprint density at radius 3 is 2.75 bits per heavy atom. The molecule has 3 rings (SSSR count). The molecule has 0 aliphatic rings. The minimum atomic E-state index is 0.519. The molecule has 0 atom stereocenters. The van der Waals surface area contributed by atoms with E-state index < -0.39 is 0 Å². The van der Waals surface area contributed by atoms with Crippen molar-refractivity contribution in [3.05, 3.63) is 48.3 Å². The number of ether oxygens (including phenoxy) is 1. The Morgan fingerprint density at radius 1 is 1.10 bits per heavy atom. The molecule has 0 amide bonds. The van der Waals surface area contributed by atoms with Crippen molar-refractivity contribution in [3.63, 3.8) is 0 Å². The standard InChI is InChI=1S/C16H15N3O/c1-10-8-13(16(17)19-9-10)11-5-6-14(20-2)15-12(11)4-3-7-18-15/h3-9H,1-2H3,(H2,17,19). The summed E-state index contributed by atoms with van der Waals surface area (Å²) < 4.78 is 5.36. The van der Waals surface area contributed by atoms with E-state index in [1.54, 1.807) is 19.5 Å². The van der Waals surface area contributed by atoms with Crippen LogP contribution in [0, 0.1) is 6.92 Å². The van der Waals surface area contributed by atoms with E-state index in [1.165, 1.54) is 0 Å². The van der Waals surface area contributed by atoms with Crippen LogP contribution in [0.15, 0.2) is 42.7 Å². The maximum Gasteiger partial charge on any atom is 0.145 e. The Bertz CT molecular complexity index is 784. The highest BCUT2D eigenvalue weighted by atomic mass is 16.5. The predicted octanol–water partition coefficient (Wildman–Crippen LogP) is 3.20. The first-order valence-electron chi connectivity index (χ1n) is 6.35. The molecular formula is C16H15N3O. The minimum absolute atomic E-state index is 0.519. The molecule has 4 heteroatoms. The lowest BCUT2D eigenvalue weighted by molar-refractivity contribution is 0.419. The molecule has 2 aromatic heterocycles. The second-order valence-corrected chi connectivity index (χ2v) is 4.66. The summed E-state index contributed by atoms with van der Waals surface area (Å²) in [5.41, 5.74) is 9.86. The van der Waals surface area contributed by atoms with Crippen molar-refractivity contribution in [1.82, 2.24) is 9.97 Å². The molecule has 1 aromatic carbocycles. The van der Waals surface area contributed by atoms with Crippen molar-refractivity contribution in [2.45, 2.75) is 6.92 Å². The number of anilines is 1. The fraction of sp³-hybridized carbons (Fsp3) is 0.125. The van der Waals surface area contributed by atoms with Gasteiger partial charge in [-0.25, -0.2) is 4.98 Å². The topological polar surface area (TPSA) is 61.0 Å². The number of nitrogen functional groups attached to an aromatic ring is 1. The Hall–Kier alpha value is -2.62. The van der Waals surface area contributed by atoms with Crippen LogP contribution < -0.4 is 10.5 Å². The summed E-state index contributed by atoms with van der Waals surface area (Å²) in [4.78, 5) is 8.63. The van der Waals surface area contributed by atoms with Gasteiger partial charge in [0.05, 0.1) is 7.11 Å². The second-order valence-electron chi connectivity index (χ2n) is 4.66. The zero-order valence-corrected chi connectivity index (χ0v) is 11.4. The molecule has 0 aliphatic carbocycles. The number of rotatable bonds is 2. The van der Waals surface area contributed by atoms with Gasteiger partial charge in [-0.15, -0.1) is 0 Å². The van der Waals surface area contributed by atoms with Crippen molar-refractivity contribution >= 4 is 16.7 Å². The average molecular weight is 265 g/mol. The largest absolute Gasteiger partial charge is 0.494 e. The Morgan fingerprint density at radius 2 is 1.95 bits per heavy atom. The third-order valence-electron chi connectivity index (χ3n) is 3.30. The highest BCUT2D eigenvalue weighted by Gasteiger charge is 2.11. The van der Waals surface area contributed by atoms with Gasteiger partial charge in [0.2, 0.25) is 0 Å². The SMILES string of the molecule is COc1ccc(-c2cc(C)cnc2N)c2cccnc12.